The van der Waals surface area contributed by atoms with Crippen LogP contribution in [-0.2, 0) is 0 Å². The van der Waals surface area contributed by atoms with E-state index in [1.165, 1.54) is 0 Å². The van der Waals surface area contributed by atoms with Crippen LogP contribution in [0.5, 0.6) is 17.2 Å². The molecule has 2 aromatic rings. The number of phenols is 1. The van der Waals surface area contributed by atoms with Gasteiger partial charge in [-0.25, -0.2) is 0 Å². The average molecular weight is 246 g/mol. The van der Waals surface area contributed by atoms with E-state index in [0.29, 0.717) is 18.1 Å². The minimum absolute atomic E-state index is 0.232. The summed E-state index contributed by atoms with van der Waals surface area (Å²) < 4.78 is 11.1. The fraction of sp³-hybridized carbons (Fsp3) is 0.333. The van der Waals surface area contributed by atoms with Gasteiger partial charge in [-0.05, 0) is 30.0 Å². The lowest BCUT2D eigenvalue weighted by molar-refractivity contribution is 0.292. The van der Waals surface area contributed by atoms with Crippen LogP contribution < -0.4 is 9.47 Å². The molecule has 0 radical (unpaired) electrons. The molecule has 0 amide bonds. The summed E-state index contributed by atoms with van der Waals surface area (Å²) in [7, 11) is 1.62. The van der Waals surface area contributed by atoms with Crippen LogP contribution in [0.1, 0.15) is 19.8 Å². The maximum absolute atomic E-state index is 9.59. The van der Waals surface area contributed by atoms with Gasteiger partial charge in [0, 0.05) is 5.39 Å². The van der Waals surface area contributed by atoms with Crippen molar-refractivity contribution in [2.24, 2.45) is 0 Å². The third kappa shape index (κ3) is 2.50. The van der Waals surface area contributed by atoms with Crippen LogP contribution in [0.3, 0.4) is 0 Å². The summed E-state index contributed by atoms with van der Waals surface area (Å²) in [6, 6.07) is 9.10. The van der Waals surface area contributed by atoms with E-state index in [0.717, 1.165) is 23.6 Å². The van der Waals surface area contributed by atoms with E-state index in [-0.39, 0.29) is 5.75 Å². The van der Waals surface area contributed by atoms with Crippen LogP contribution in [0.15, 0.2) is 30.3 Å². The summed E-state index contributed by atoms with van der Waals surface area (Å²) in [5.41, 5.74) is 0. The lowest BCUT2D eigenvalue weighted by atomic mass is 10.1. The summed E-state index contributed by atoms with van der Waals surface area (Å²) in [5.74, 6) is 1.64. The summed E-state index contributed by atoms with van der Waals surface area (Å²) in [6.07, 6.45) is 2.08. The molecule has 0 spiro atoms. The first-order valence-electron chi connectivity index (χ1n) is 6.18. The van der Waals surface area contributed by atoms with Crippen LogP contribution in [-0.4, -0.2) is 18.8 Å². The fourth-order valence-electron chi connectivity index (χ4n) is 1.89. The van der Waals surface area contributed by atoms with Crippen molar-refractivity contribution < 1.29 is 14.6 Å². The van der Waals surface area contributed by atoms with Crippen molar-refractivity contribution in [1.29, 1.82) is 0 Å². The van der Waals surface area contributed by atoms with E-state index in [9.17, 15) is 5.11 Å². The zero-order valence-electron chi connectivity index (χ0n) is 10.8. The van der Waals surface area contributed by atoms with Crippen molar-refractivity contribution in [2.75, 3.05) is 13.7 Å². The molecule has 2 rings (SSSR count). The van der Waals surface area contributed by atoms with Crippen LogP contribution in [0.4, 0.5) is 0 Å². The lowest BCUT2D eigenvalue weighted by Gasteiger charge is -2.13. The largest absolute Gasteiger partial charge is 0.508 e. The first-order chi connectivity index (χ1) is 8.76. The first kappa shape index (κ1) is 12.6. The summed E-state index contributed by atoms with van der Waals surface area (Å²) in [5, 5.41) is 11.5. The second-order valence-corrected chi connectivity index (χ2v) is 4.20. The van der Waals surface area contributed by atoms with Crippen molar-refractivity contribution in [3.05, 3.63) is 30.3 Å². The Morgan fingerprint density at radius 2 is 1.94 bits per heavy atom. The zero-order valence-corrected chi connectivity index (χ0v) is 10.8. The molecule has 2 aromatic carbocycles. The Labute approximate surface area is 107 Å². The SMILES string of the molecule is CCCCOc1c(OC)ccc2ccc(O)cc12. The summed E-state index contributed by atoms with van der Waals surface area (Å²) >= 11 is 0. The van der Waals surface area contributed by atoms with Crippen molar-refractivity contribution in [3.63, 3.8) is 0 Å². The molecule has 0 aliphatic heterocycles. The zero-order chi connectivity index (χ0) is 13.0. The second kappa shape index (κ2) is 5.63. The minimum Gasteiger partial charge on any atom is -0.508 e. The van der Waals surface area contributed by atoms with E-state index < -0.39 is 0 Å². The third-order valence-corrected chi connectivity index (χ3v) is 2.88. The number of benzene rings is 2. The molecule has 0 saturated carbocycles. The molecule has 3 nitrogen and oxygen atoms in total. The van der Waals surface area contributed by atoms with Crippen LogP contribution >= 0.6 is 0 Å². The Bertz CT molecular complexity index is 534. The molecule has 0 heterocycles. The Morgan fingerprint density at radius 3 is 2.67 bits per heavy atom. The Hall–Kier alpha value is -1.90. The number of phenolic OH excluding ortho intramolecular Hbond substituents is 1. The van der Waals surface area contributed by atoms with Crippen molar-refractivity contribution >= 4 is 10.8 Å². The van der Waals surface area contributed by atoms with Crippen LogP contribution in [0.2, 0.25) is 0 Å². The maximum Gasteiger partial charge on any atom is 0.169 e. The van der Waals surface area contributed by atoms with E-state index in [1.807, 2.05) is 18.2 Å². The molecule has 0 aliphatic carbocycles. The Morgan fingerprint density at radius 1 is 1.17 bits per heavy atom. The lowest BCUT2D eigenvalue weighted by Crippen LogP contribution is -1.99. The number of aromatic hydroxyl groups is 1. The molecule has 0 unspecified atom stereocenters. The van der Waals surface area contributed by atoms with Gasteiger partial charge in [0.1, 0.15) is 5.75 Å². The third-order valence-electron chi connectivity index (χ3n) is 2.88. The normalized spacial score (nSPS) is 10.6. The standard InChI is InChI=1S/C15H18O3/c1-3-4-9-18-15-13-10-12(16)7-5-11(13)6-8-14(15)17-2/h5-8,10,16H,3-4,9H2,1-2H3. The van der Waals surface area contributed by atoms with Gasteiger partial charge in [-0.15, -0.1) is 0 Å². The topological polar surface area (TPSA) is 38.7 Å². The highest BCUT2D eigenvalue weighted by molar-refractivity contribution is 5.91. The maximum atomic E-state index is 9.59. The van der Waals surface area contributed by atoms with Gasteiger partial charge < -0.3 is 14.6 Å². The molecule has 1 N–H and O–H groups in total. The summed E-state index contributed by atoms with van der Waals surface area (Å²) in [6.45, 7) is 2.77. The van der Waals surface area contributed by atoms with Gasteiger partial charge in [0.25, 0.3) is 0 Å². The molecule has 96 valence electrons. The quantitative estimate of drug-likeness (QED) is 0.817. The molecule has 0 atom stereocenters. The molecule has 0 fully saturated rings. The van der Waals surface area contributed by atoms with Gasteiger partial charge >= 0.3 is 0 Å². The number of fused-ring (bicyclic) bond motifs is 1. The molecule has 0 aromatic heterocycles. The van der Waals surface area contributed by atoms with Gasteiger partial charge in [0.05, 0.1) is 13.7 Å². The number of ether oxygens (including phenoxy) is 2. The van der Waals surface area contributed by atoms with Gasteiger partial charge in [-0.3, -0.25) is 0 Å². The highest BCUT2D eigenvalue weighted by Gasteiger charge is 2.10. The minimum atomic E-state index is 0.232. The van der Waals surface area contributed by atoms with Crippen molar-refractivity contribution in [1.82, 2.24) is 0 Å². The molecule has 0 bridgehead atoms. The highest BCUT2D eigenvalue weighted by Crippen LogP contribution is 2.37. The Kier molecular flexibility index (Phi) is 3.92. The smallest absolute Gasteiger partial charge is 0.169 e. The van der Waals surface area contributed by atoms with E-state index >= 15 is 0 Å². The number of unbranched alkanes of at least 4 members (excludes halogenated alkanes) is 1. The average Bonchev–Trinajstić information content (AvgIpc) is 2.39. The number of rotatable bonds is 5. The van der Waals surface area contributed by atoms with Gasteiger partial charge in [-0.2, -0.15) is 0 Å². The summed E-state index contributed by atoms with van der Waals surface area (Å²) in [4.78, 5) is 0. The number of methoxy groups -OCH3 is 1. The second-order valence-electron chi connectivity index (χ2n) is 4.20. The monoisotopic (exact) mass is 246 g/mol. The predicted molar refractivity (Wildman–Crippen MR) is 72.6 cm³/mol. The Balaban J connectivity index is 2.46. The van der Waals surface area contributed by atoms with Crippen molar-refractivity contribution in [2.45, 2.75) is 19.8 Å². The van der Waals surface area contributed by atoms with E-state index in [1.54, 1.807) is 19.2 Å². The van der Waals surface area contributed by atoms with Crippen LogP contribution in [0, 0.1) is 0 Å². The van der Waals surface area contributed by atoms with Crippen molar-refractivity contribution in [3.8, 4) is 17.2 Å². The molecule has 3 heteroatoms. The highest BCUT2D eigenvalue weighted by atomic mass is 16.5. The molecule has 18 heavy (non-hydrogen) atoms. The van der Waals surface area contributed by atoms with E-state index in [2.05, 4.69) is 6.92 Å². The first-order valence-corrected chi connectivity index (χ1v) is 6.18. The van der Waals surface area contributed by atoms with Crippen LogP contribution in [0.25, 0.3) is 10.8 Å². The predicted octanol–water partition coefficient (Wildman–Crippen LogP) is 3.73. The number of hydrogen-bond donors (Lipinski definition) is 1. The van der Waals surface area contributed by atoms with E-state index in [4.69, 9.17) is 9.47 Å². The van der Waals surface area contributed by atoms with Gasteiger partial charge in [0.2, 0.25) is 0 Å². The van der Waals surface area contributed by atoms with Gasteiger partial charge in [-0.1, -0.05) is 25.5 Å². The molecule has 0 saturated heterocycles. The molecular weight excluding hydrogens is 228 g/mol. The number of hydrogen-bond acceptors (Lipinski definition) is 3. The molecular formula is C15H18O3. The fourth-order valence-corrected chi connectivity index (χ4v) is 1.89. The molecule has 0 aliphatic rings. The van der Waals surface area contributed by atoms with Gasteiger partial charge in [0.15, 0.2) is 11.5 Å².